The summed E-state index contributed by atoms with van der Waals surface area (Å²) in [5.74, 6) is -1.89. The van der Waals surface area contributed by atoms with Crippen LogP contribution in [0.3, 0.4) is 0 Å². The average molecular weight is 298 g/mol. The fraction of sp³-hybridized carbons (Fsp3) is 0.182. The number of nitrogens with zero attached hydrogens (tertiary/aromatic N) is 1. The lowest BCUT2D eigenvalue weighted by molar-refractivity contribution is -0.121. The van der Waals surface area contributed by atoms with E-state index >= 15 is 0 Å². The predicted molar refractivity (Wildman–Crippen MR) is 62.8 cm³/mol. The van der Waals surface area contributed by atoms with Gasteiger partial charge in [-0.2, -0.15) is 0 Å². The van der Waals surface area contributed by atoms with E-state index in [0.29, 0.717) is 4.47 Å². The number of carbonyl (C=O) groups excluding carboxylic acids is 2. The topological polar surface area (TPSA) is 74.7 Å². The number of carboxylic acids is 1. The number of amides is 2. The number of anilines is 1. The van der Waals surface area contributed by atoms with E-state index in [4.69, 9.17) is 5.11 Å². The number of halogens is 1. The molecule has 1 aromatic rings. The number of hydrogen-bond acceptors (Lipinski definition) is 3. The van der Waals surface area contributed by atoms with Gasteiger partial charge in [-0.15, -0.1) is 0 Å². The second kappa shape index (κ2) is 4.29. The van der Waals surface area contributed by atoms with Crippen molar-refractivity contribution in [3.8, 4) is 0 Å². The first-order chi connectivity index (χ1) is 8.00. The molecule has 1 saturated heterocycles. The fourth-order valence-corrected chi connectivity index (χ4v) is 2.08. The zero-order chi connectivity index (χ0) is 12.6. The third-order valence-corrected chi connectivity index (χ3v) is 2.97. The quantitative estimate of drug-likeness (QED) is 0.845. The maximum Gasteiger partial charge on any atom is 0.337 e. The third kappa shape index (κ3) is 2.08. The van der Waals surface area contributed by atoms with E-state index < -0.39 is 5.97 Å². The van der Waals surface area contributed by atoms with Crippen molar-refractivity contribution < 1.29 is 19.5 Å². The molecule has 0 bridgehead atoms. The normalized spacial score (nSPS) is 15.5. The molecule has 2 rings (SSSR count). The molecule has 0 spiro atoms. The summed E-state index contributed by atoms with van der Waals surface area (Å²) >= 11 is 3.15. The lowest BCUT2D eigenvalue weighted by atomic mass is 10.1. The molecule has 1 fully saturated rings. The van der Waals surface area contributed by atoms with Crippen LogP contribution in [0.15, 0.2) is 22.7 Å². The second-order valence-electron chi connectivity index (χ2n) is 3.59. The Balaban J connectivity index is 2.55. The van der Waals surface area contributed by atoms with Crippen molar-refractivity contribution in [1.29, 1.82) is 0 Å². The molecule has 6 heteroatoms. The number of carboxylic acid groups (broad SMARTS) is 1. The number of imide groups is 1. The summed E-state index contributed by atoms with van der Waals surface area (Å²) < 4.78 is 0.581. The van der Waals surface area contributed by atoms with Crippen molar-refractivity contribution >= 4 is 39.4 Å². The monoisotopic (exact) mass is 297 g/mol. The minimum absolute atomic E-state index is 0.0667. The molecule has 0 aliphatic carbocycles. The summed E-state index contributed by atoms with van der Waals surface area (Å²) in [6.45, 7) is 0. The highest BCUT2D eigenvalue weighted by atomic mass is 79.9. The summed E-state index contributed by atoms with van der Waals surface area (Å²) in [6.07, 6.45) is 0.266. The van der Waals surface area contributed by atoms with Crippen LogP contribution in [0.5, 0.6) is 0 Å². The maximum atomic E-state index is 11.5. The molecule has 1 heterocycles. The molecule has 1 N–H and O–H groups in total. The lowest BCUT2D eigenvalue weighted by Gasteiger charge is -2.16. The average Bonchev–Trinajstić information content (AvgIpc) is 2.59. The molecule has 5 nitrogen and oxygen atoms in total. The number of carbonyl (C=O) groups is 3. The highest BCUT2D eigenvalue weighted by molar-refractivity contribution is 9.10. The van der Waals surface area contributed by atoms with Gasteiger partial charge in [-0.1, -0.05) is 15.9 Å². The van der Waals surface area contributed by atoms with E-state index in [1.807, 2.05) is 0 Å². The van der Waals surface area contributed by atoms with Gasteiger partial charge in [0.1, 0.15) is 0 Å². The molecule has 1 aliphatic rings. The van der Waals surface area contributed by atoms with Crippen LogP contribution in [0.1, 0.15) is 23.2 Å². The zero-order valence-corrected chi connectivity index (χ0v) is 10.2. The number of aromatic carboxylic acids is 1. The van der Waals surface area contributed by atoms with Gasteiger partial charge in [0.15, 0.2) is 0 Å². The summed E-state index contributed by atoms with van der Waals surface area (Å²) in [5, 5.41) is 9.05. The highest BCUT2D eigenvalue weighted by Crippen LogP contribution is 2.28. The first-order valence-corrected chi connectivity index (χ1v) is 5.68. The van der Waals surface area contributed by atoms with Crippen molar-refractivity contribution in [2.75, 3.05) is 4.90 Å². The molecule has 17 heavy (non-hydrogen) atoms. The summed E-state index contributed by atoms with van der Waals surface area (Å²) in [6, 6.07) is 4.42. The summed E-state index contributed by atoms with van der Waals surface area (Å²) in [4.78, 5) is 35.1. The van der Waals surface area contributed by atoms with E-state index in [9.17, 15) is 14.4 Å². The molecule has 0 saturated carbocycles. The molecule has 0 atom stereocenters. The molecular weight excluding hydrogens is 290 g/mol. The second-order valence-corrected chi connectivity index (χ2v) is 4.51. The molecule has 1 aromatic carbocycles. The van der Waals surface area contributed by atoms with Gasteiger partial charge in [-0.3, -0.25) is 9.59 Å². The van der Waals surface area contributed by atoms with Crippen molar-refractivity contribution in [1.82, 2.24) is 0 Å². The van der Waals surface area contributed by atoms with Gasteiger partial charge in [0.25, 0.3) is 0 Å². The van der Waals surface area contributed by atoms with Crippen LogP contribution in [0, 0.1) is 0 Å². The Morgan fingerprint density at radius 3 is 2.35 bits per heavy atom. The summed E-state index contributed by atoms with van der Waals surface area (Å²) in [7, 11) is 0. The van der Waals surface area contributed by atoms with Gasteiger partial charge in [0, 0.05) is 17.3 Å². The Kier molecular flexibility index (Phi) is 2.97. The number of rotatable bonds is 2. The van der Waals surface area contributed by atoms with E-state index in [2.05, 4.69) is 15.9 Å². The van der Waals surface area contributed by atoms with Crippen LogP contribution in [-0.4, -0.2) is 22.9 Å². The van der Waals surface area contributed by atoms with Gasteiger partial charge >= 0.3 is 5.97 Å². The first-order valence-electron chi connectivity index (χ1n) is 4.89. The first kappa shape index (κ1) is 11.8. The van der Waals surface area contributed by atoms with Crippen molar-refractivity contribution in [2.45, 2.75) is 12.8 Å². The van der Waals surface area contributed by atoms with Crippen LogP contribution in [-0.2, 0) is 9.59 Å². The summed E-state index contributed by atoms with van der Waals surface area (Å²) in [5.41, 5.74) is 0.0659. The van der Waals surface area contributed by atoms with E-state index in [1.54, 1.807) is 6.07 Å². The molecule has 1 aliphatic heterocycles. The number of benzene rings is 1. The zero-order valence-electron chi connectivity index (χ0n) is 8.64. The standard InChI is InChI=1S/C11H8BrNO4/c12-6-1-2-8(7(5-6)11(16)17)13-9(14)3-4-10(13)15/h1-2,5H,3-4H2,(H,16,17). The van der Waals surface area contributed by atoms with Crippen LogP contribution in [0.25, 0.3) is 0 Å². The SMILES string of the molecule is O=C(O)c1cc(Br)ccc1N1C(=O)CCC1=O. The van der Waals surface area contributed by atoms with E-state index in [1.165, 1.54) is 12.1 Å². The smallest absolute Gasteiger partial charge is 0.337 e. The lowest BCUT2D eigenvalue weighted by Crippen LogP contribution is -2.30. The van der Waals surface area contributed by atoms with Crippen molar-refractivity contribution in [2.24, 2.45) is 0 Å². The molecule has 2 amide bonds. The minimum atomic E-state index is -1.17. The minimum Gasteiger partial charge on any atom is -0.478 e. The third-order valence-electron chi connectivity index (χ3n) is 2.48. The van der Waals surface area contributed by atoms with E-state index in [0.717, 1.165) is 4.90 Å². The fourth-order valence-electron chi connectivity index (χ4n) is 1.72. The van der Waals surface area contributed by atoms with Crippen LogP contribution < -0.4 is 4.90 Å². The Morgan fingerprint density at radius 2 is 1.82 bits per heavy atom. The van der Waals surface area contributed by atoms with Crippen LogP contribution in [0.2, 0.25) is 0 Å². The van der Waals surface area contributed by atoms with Gasteiger partial charge in [0.05, 0.1) is 11.3 Å². The number of hydrogen-bond donors (Lipinski definition) is 1. The van der Waals surface area contributed by atoms with Crippen molar-refractivity contribution in [3.63, 3.8) is 0 Å². The van der Waals surface area contributed by atoms with Gasteiger partial charge in [-0.25, -0.2) is 9.69 Å². The predicted octanol–water partition coefficient (Wildman–Crippen LogP) is 1.80. The Bertz CT molecular complexity index is 510. The Morgan fingerprint density at radius 1 is 1.24 bits per heavy atom. The molecular formula is C11H8BrNO4. The Labute approximate surface area is 105 Å². The van der Waals surface area contributed by atoms with E-state index in [-0.39, 0.29) is 35.9 Å². The maximum absolute atomic E-state index is 11.5. The highest BCUT2D eigenvalue weighted by Gasteiger charge is 2.32. The van der Waals surface area contributed by atoms with Crippen LogP contribution >= 0.6 is 15.9 Å². The van der Waals surface area contributed by atoms with Gasteiger partial charge < -0.3 is 5.11 Å². The molecule has 88 valence electrons. The largest absolute Gasteiger partial charge is 0.478 e. The Hall–Kier alpha value is -1.69. The van der Waals surface area contributed by atoms with Gasteiger partial charge in [-0.05, 0) is 18.2 Å². The molecule has 0 unspecified atom stereocenters. The molecule has 0 aromatic heterocycles. The van der Waals surface area contributed by atoms with Crippen molar-refractivity contribution in [3.05, 3.63) is 28.2 Å². The molecule has 0 radical (unpaired) electrons. The van der Waals surface area contributed by atoms with Crippen LogP contribution in [0.4, 0.5) is 5.69 Å². The van der Waals surface area contributed by atoms with Gasteiger partial charge in [0.2, 0.25) is 11.8 Å².